The molecule has 1 saturated carbocycles. The molecule has 0 aromatic rings. The van der Waals surface area contributed by atoms with Gasteiger partial charge in [0.25, 0.3) is 0 Å². The van der Waals surface area contributed by atoms with E-state index in [1.54, 1.807) is 4.90 Å². The molecule has 1 unspecified atom stereocenters. The number of carbonyl (C=O) groups is 1. The summed E-state index contributed by atoms with van der Waals surface area (Å²) in [6, 6.07) is 0.526. The monoisotopic (exact) mass is 424 g/mol. The Bertz CT molecular complexity index is 405. The smallest absolute Gasteiger partial charge is 0.410 e. The van der Waals surface area contributed by atoms with E-state index in [1.165, 1.54) is 12.8 Å². The summed E-state index contributed by atoms with van der Waals surface area (Å²) in [5.74, 6) is 0.901. The average molecular weight is 424 g/mol. The summed E-state index contributed by atoms with van der Waals surface area (Å²) in [5, 5.41) is 3.18. The van der Waals surface area contributed by atoms with Gasteiger partial charge in [-0.3, -0.25) is 4.99 Å². The summed E-state index contributed by atoms with van der Waals surface area (Å²) >= 11 is 0. The normalized spacial score (nSPS) is 22.8. The third kappa shape index (κ3) is 7.02. The van der Waals surface area contributed by atoms with E-state index >= 15 is 0 Å². The second-order valence-electron chi connectivity index (χ2n) is 7.08. The molecule has 22 heavy (non-hydrogen) atoms. The lowest BCUT2D eigenvalue weighted by Crippen LogP contribution is -2.43. The van der Waals surface area contributed by atoms with Crippen LogP contribution in [0.4, 0.5) is 4.79 Å². The minimum Gasteiger partial charge on any atom is -0.444 e. The molecule has 0 spiro atoms. The molecule has 3 N–H and O–H groups in total. The fraction of sp³-hybridized carbons (Fsp3) is 0.867. The highest BCUT2D eigenvalue weighted by Crippen LogP contribution is 2.20. The molecular formula is C15H29IN4O2. The van der Waals surface area contributed by atoms with Gasteiger partial charge in [0.2, 0.25) is 0 Å². The molecule has 0 aromatic heterocycles. The predicted molar refractivity (Wildman–Crippen MR) is 98.6 cm³/mol. The van der Waals surface area contributed by atoms with Crippen molar-refractivity contribution in [1.29, 1.82) is 0 Å². The quantitative estimate of drug-likeness (QED) is 0.414. The number of hydrogen-bond acceptors (Lipinski definition) is 3. The summed E-state index contributed by atoms with van der Waals surface area (Å²) < 4.78 is 5.43. The lowest BCUT2D eigenvalue weighted by Gasteiger charge is -2.33. The van der Waals surface area contributed by atoms with Crippen LogP contribution in [0.15, 0.2) is 4.99 Å². The zero-order chi connectivity index (χ0) is 15.5. The molecule has 1 saturated heterocycles. The van der Waals surface area contributed by atoms with E-state index < -0.39 is 5.60 Å². The standard InChI is InChI=1S/C15H28N4O2.HI/c1-15(2,3)21-14(20)19-8-4-5-11(10-19)9-17-13(16)18-12-6-7-12;/h11-12H,4-10H2,1-3H3,(H3,16,17,18);1H. The number of nitrogens with one attached hydrogen (secondary N) is 1. The Morgan fingerprint density at radius 3 is 2.64 bits per heavy atom. The highest BCUT2D eigenvalue weighted by molar-refractivity contribution is 14.0. The van der Waals surface area contributed by atoms with Crippen LogP contribution in [0.3, 0.4) is 0 Å². The van der Waals surface area contributed by atoms with Gasteiger partial charge in [0.1, 0.15) is 5.60 Å². The number of rotatable bonds is 3. The Morgan fingerprint density at radius 2 is 2.05 bits per heavy atom. The molecule has 0 bridgehead atoms. The van der Waals surface area contributed by atoms with Crippen molar-refractivity contribution in [3.63, 3.8) is 0 Å². The number of guanidine groups is 1. The molecule has 1 heterocycles. The van der Waals surface area contributed by atoms with Gasteiger partial charge >= 0.3 is 6.09 Å². The molecule has 128 valence electrons. The Balaban J connectivity index is 0.00000242. The number of ether oxygens (including phenoxy) is 1. The van der Waals surface area contributed by atoms with Crippen LogP contribution in [-0.4, -0.2) is 48.2 Å². The summed E-state index contributed by atoms with van der Waals surface area (Å²) in [5.41, 5.74) is 5.40. The SMILES string of the molecule is CC(C)(C)OC(=O)N1CCCC(CN=C(N)NC2CC2)C1.I. The zero-order valence-electron chi connectivity index (χ0n) is 13.8. The minimum absolute atomic E-state index is 0. The highest BCUT2D eigenvalue weighted by Gasteiger charge is 2.27. The summed E-state index contributed by atoms with van der Waals surface area (Å²) in [7, 11) is 0. The first-order chi connectivity index (χ1) is 9.83. The van der Waals surface area contributed by atoms with E-state index in [0.717, 1.165) is 19.4 Å². The Labute approximate surface area is 150 Å². The summed E-state index contributed by atoms with van der Waals surface area (Å²) in [4.78, 5) is 18.3. The lowest BCUT2D eigenvalue weighted by atomic mass is 9.98. The van der Waals surface area contributed by atoms with Gasteiger partial charge in [-0.05, 0) is 52.4 Å². The van der Waals surface area contributed by atoms with Crippen LogP contribution in [0.25, 0.3) is 0 Å². The Kier molecular flexibility index (Phi) is 7.21. The van der Waals surface area contributed by atoms with Crippen molar-refractivity contribution in [1.82, 2.24) is 10.2 Å². The van der Waals surface area contributed by atoms with Gasteiger partial charge in [-0.25, -0.2) is 4.79 Å². The first-order valence-corrected chi connectivity index (χ1v) is 7.88. The Morgan fingerprint density at radius 1 is 1.36 bits per heavy atom. The molecule has 2 rings (SSSR count). The molecule has 1 atom stereocenters. The first kappa shape index (κ1) is 19.3. The molecule has 7 heteroatoms. The molecular weight excluding hydrogens is 395 g/mol. The maximum atomic E-state index is 12.1. The van der Waals surface area contributed by atoms with E-state index in [-0.39, 0.29) is 30.1 Å². The fourth-order valence-electron chi connectivity index (χ4n) is 2.42. The van der Waals surface area contributed by atoms with Crippen LogP contribution in [0, 0.1) is 5.92 Å². The molecule has 1 aliphatic heterocycles. The van der Waals surface area contributed by atoms with Gasteiger partial charge in [-0.15, -0.1) is 24.0 Å². The molecule has 1 aliphatic carbocycles. The molecule has 1 amide bonds. The van der Waals surface area contributed by atoms with Crippen molar-refractivity contribution >= 4 is 36.0 Å². The summed E-state index contributed by atoms with van der Waals surface area (Å²) in [6.07, 6.45) is 4.23. The van der Waals surface area contributed by atoms with Gasteiger partial charge < -0.3 is 20.7 Å². The number of nitrogens with two attached hydrogens (primary N) is 1. The van der Waals surface area contributed by atoms with Crippen molar-refractivity contribution in [3.05, 3.63) is 0 Å². The third-order valence-electron chi connectivity index (χ3n) is 3.62. The maximum Gasteiger partial charge on any atom is 0.410 e. The third-order valence-corrected chi connectivity index (χ3v) is 3.62. The molecule has 2 aliphatic rings. The van der Waals surface area contributed by atoms with Crippen LogP contribution < -0.4 is 11.1 Å². The van der Waals surface area contributed by atoms with E-state index in [9.17, 15) is 4.79 Å². The number of amides is 1. The van der Waals surface area contributed by atoms with E-state index in [1.807, 2.05) is 20.8 Å². The van der Waals surface area contributed by atoms with Crippen LogP contribution in [-0.2, 0) is 4.74 Å². The largest absolute Gasteiger partial charge is 0.444 e. The Hall–Kier alpha value is -0.730. The average Bonchev–Trinajstić information content (AvgIpc) is 3.19. The maximum absolute atomic E-state index is 12.1. The number of likely N-dealkylation sites (tertiary alicyclic amines) is 1. The van der Waals surface area contributed by atoms with Gasteiger partial charge in [0.05, 0.1) is 0 Å². The second-order valence-corrected chi connectivity index (χ2v) is 7.08. The van der Waals surface area contributed by atoms with Gasteiger partial charge in [0.15, 0.2) is 5.96 Å². The lowest BCUT2D eigenvalue weighted by molar-refractivity contribution is 0.0171. The number of piperidine rings is 1. The number of nitrogens with zero attached hydrogens (tertiary/aromatic N) is 2. The minimum atomic E-state index is -0.444. The highest BCUT2D eigenvalue weighted by atomic mass is 127. The molecule has 0 aromatic carbocycles. The van der Waals surface area contributed by atoms with Gasteiger partial charge in [0, 0.05) is 25.7 Å². The summed E-state index contributed by atoms with van der Waals surface area (Å²) in [6.45, 7) is 7.81. The van der Waals surface area contributed by atoms with E-state index in [0.29, 0.717) is 31.0 Å². The predicted octanol–water partition coefficient (Wildman–Crippen LogP) is 2.32. The first-order valence-electron chi connectivity index (χ1n) is 7.88. The van der Waals surface area contributed by atoms with E-state index in [4.69, 9.17) is 10.5 Å². The molecule has 0 radical (unpaired) electrons. The number of hydrogen-bond donors (Lipinski definition) is 2. The van der Waals surface area contributed by atoms with Crippen LogP contribution >= 0.6 is 24.0 Å². The van der Waals surface area contributed by atoms with Crippen LogP contribution in [0.2, 0.25) is 0 Å². The molecule has 2 fully saturated rings. The second kappa shape index (κ2) is 8.21. The van der Waals surface area contributed by atoms with Crippen LogP contribution in [0.5, 0.6) is 0 Å². The fourth-order valence-corrected chi connectivity index (χ4v) is 2.42. The van der Waals surface area contributed by atoms with Crippen molar-refractivity contribution < 1.29 is 9.53 Å². The van der Waals surface area contributed by atoms with Gasteiger partial charge in [-0.1, -0.05) is 0 Å². The number of halogens is 1. The van der Waals surface area contributed by atoms with Crippen LogP contribution in [0.1, 0.15) is 46.5 Å². The number of aliphatic imine (C=N–C) groups is 1. The van der Waals surface area contributed by atoms with Crippen molar-refractivity contribution in [2.45, 2.75) is 58.1 Å². The van der Waals surface area contributed by atoms with Crippen molar-refractivity contribution in [3.8, 4) is 0 Å². The van der Waals surface area contributed by atoms with Gasteiger partial charge in [-0.2, -0.15) is 0 Å². The topological polar surface area (TPSA) is 80.0 Å². The van der Waals surface area contributed by atoms with Crippen molar-refractivity contribution in [2.75, 3.05) is 19.6 Å². The molecule has 6 nitrogen and oxygen atoms in total. The zero-order valence-corrected chi connectivity index (χ0v) is 16.1. The van der Waals surface area contributed by atoms with E-state index in [2.05, 4.69) is 10.3 Å². The van der Waals surface area contributed by atoms with Crippen molar-refractivity contribution in [2.24, 2.45) is 16.6 Å². The number of carbonyl (C=O) groups excluding carboxylic acids is 1.